The van der Waals surface area contributed by atoms with Gasteiger partial charge in [-0.25, -0.2) is 13.6 Å². The van der Waals surface area contributed by atoms with Gasteiger partial charge in [0.05, 0.1) is 6.26 Å². The largest absolute Gasteiger partial charge is 0.516 e. The molecule has 1 unspecified atom stereocenters. The highest BCUT2D eigenvalue weighted by Gasteiger charge is 2.15. The normalized spacial score (nSPS) is 12.4. The Bertz CT molecular complexity index is 492. The molecule has 0 aliphatic heterocycles. The zero-order valence-corrected chi connectivity index (χ0v) is 11.4. The molecule has 0 heterocycles. The molecule has 1 atom stereocenters. The van der Waals surface area contributed by atoms with E-state index >= 15 is 0 Å². The van der Waals surface area contributed by atoms with Crippen molar-refractivity contribution in [1.82, 2.24) is 10.2 Å². The van der Waals surface area contributed by atoms with E-state index in [4.69, 9.17) is 5.11 Å². The highest BCUT2D eigenvalue weighted by Crippen LogP contribution is 2.11. The third-order valence-corrected chi connectivity index (χ3v) is 3.03. The molecule has 0 aromatic heterocycles. The quantitative estimate of drug-likeness (QED) is 0.817. The van der Waals surface area contributed by atoms with E-state index in [1.54, 1.807) is 7.05 Å². The van der Waals surface area contributed by atoms with Gasteiger partial charge in [0.15, 0.2) is 11.6 Å². The van der Waals surface area contributed by atoms with Gasteiger partial charge < -0.3 is 15.3 Å². The Morgan fingerprint density at radius 2 is 2.20 bits per heavy atom. The lowest BCUT2D eigenvalue weighted by atomic mass is 10.2. The number of aliphatic hydroxyl groups excluding tert-OH is 1. The summed E-state index contributed by atoms with van der Waals surface area (Å²) in [7, 11) is 1.59. The summed E-state index contributed by atoms with van der Waals surface area (Å²) in [5.74, 6) is -1.89. The van der Waals surface area contributed by atoms with Crippen molar-refractivity contribution in [3.63, 3.8) is 0 Å². The molecule has 0 saturated heterocycles. The molecule has 2 amide bonds. The van der Waals surface area contributed by atoms with Gasteiger partial charge in [-0.3, -0.25) is 0 Å². The van der Waals surface area contributed by atoms with Gasteiger partial charge in [-0.2, -0.15) is 0 Å². The van der Waals surface area contributed by atoms with Gasteiger partial charge in [-0.05, 0) is 25.5 Å². The van der Waals surface area contributed by atoms with Crippen LogP contribution in [0.15, 0.2) is 30.5 Å². The van der Waals surface area contributed by atoms with Crippen LogP contribution in [0.4, 0.5) is 13.6 Å². The van der Waals surface area contributed by atoms with Crippen molar-refractivity contribution in [3.05, 3.63) is 47.7 Å². The molecule has 0 saturated carbocycles. The number of hydrogen-bond donors (Lipinski definition) is 2. The van der Waals surface area contributed by atoms with Crippen LogP contribution in [-0.4, -0.2) is 29.1 Å². The van der Waals surface area contributed by atoms with E-state index < -0.39 is 17.7 Å². The van der Waals surface area contributed by atoms with E-state index in [0.717, 1.165) is 12.3 Å². The summed E-state index contributed by atoms with van der Waals surface area (Å²) in [5, 5.41) is 11.1. The molecule has 0 aliphatic rings. The SMILES string of the molecule is CC(CC=CO)N(C)C(=O)NCc1cccc(F)c1F. The molecule has 1 aromatic rings. The van der Waals surface area contributed by atoms with Crippen molar-refractivity contribution in [1.29, 1.82) is 0 Å². The van der Waals surface area contributed by atoms with E-state index in [1.807, 2.05) is 6.92 Å². The molecule has 1 aromatic carbocycles. The van der Waals surface area contributed by atoms with E-state index in [9.17, 15) is 13.6 Å². The molecule has 20 heavy (non-hydrogen) atoms. The van der Waals surface area contributed by atoms with Crippen LogP contribution in [0.3, 0.4) is 0 Å². The third kappa shape index (κ3) is 4.22. The van der Waals surface area contributed by atoms with Gasteiger partial charge in [0, 0.05) is 25.2 Å². The van der Waals surface area contributed by atoms with E-state index in [-0.39, 0.29) is 18.2 Å². The number of urea groups is 1. The number of benzene rings is 1. The van der Waals surface area contributed by atoms with Gasteiger partial charge in [0.2, 0.25) is 0 Å². The Balaban J connectivity index is 2.56. The second kappa shape index (κ2) is 7.47. The van der Waals surface area contributed by atoms with Crippen LogP contribution in [0, 0.1) is 11.6 Å². The fourth-order valence-corrected chi connectivity index (χ4v) is 1.60. The van der Waals surface area contributed by atoms with Gasteiger partial charge in [0.25, 0.3) is 0 Å². The highest BCUT2D eigenvalue weighted by atomic mass is 19.2. The second-order valence-corrected chi connectivity index (χ2v) is 4.45. The standard InChI is InChI=1S/C14H18F2N2O2/c1-10(5-4-8-19)18(2)14(20)17-9-11-6-3-7-12(15)13(11)16/h3-4,6-8,10,19H,5,9H2,1-2H3,(H,17,20). The summed E-state index contributed by atoms with van der Waals surface area (Å²) in [6.07, 6.45) is 2.94. The minimum absolute atomic E-state index is 0.0880. The van der Waals surface area contributed by atoms with Crippen molar-refractivity contribution < 1.29 is 18.7 Å². The van der Waals surface area contributed by atoms with Crippen LogP contribution in [-0.2, 0) is 6.54 Å². The van der Waals surface area contributed by atoms with Crippen molar-refractivity contribution in [3.8, 4) is 0 Å². The smallest absolute Gasteiger partial charge is 0.317 e. The van der Waals surface area contributed by atoms with Crippen LogP contribution in [0.5, 0.6) is 0 Å². The Labute approximate surface area is 116 Å². The fourth-order valence-electron chi connectivity index (χ4n) is 1.60. The molecular weight excluding hydrogens is 266 g/mol. The number of nitrogens with one attached hydrogen (secondary N) is 1. The molecule has 6 heteroatoms. The summed E-state index contributed by atoms with van der Waals surface area (Å²) < 4.78 is 26.4. The number of amides is 2. The van der Waals surface area contributed by atoms with Crippen LogP contribution >= 0.6 is 0 Å². The topological polar surface area (TPSA) is 52.6 Å². The maximum absolute atomic E-state index is 13.4. The van der Waals surface area contributed by atoms with E-state index in [2.05, 4.69) is 5.32 Å². The Hall–Kier alpha value is -2.11. The zero-order valence-electron chi connectivity index (χ0n) is 11.4. The molecule has 0 radical (unpaired) electrons. The number of hydrogen-bond acceptors (Lipinski definition) is 2. The first-order chi connectivity index (χ1) is 9.47. The first kappa shape index (κ1) is 15.9. The van der Waals surface area contributed by atoms with Crippen LogP contribution in [0.1, 0.15) is 18.9 Å². The maximum atomic E-state index is 13.4. The molecule has 0 spiro atoms. The number of rotatable bonds is 5. The van der Waals surface area contributed by atoms with Crippen LogP contribution in [0.25, 0.3) is 0 Å². The highest BCUT2D eigenvalue weighted by molar-refractivity contribution is 5.74. The van der Waals surface area contributed by atoms with Gasteiger partial charge >= 0.3 is 6.03 Å². The third-order valence-electron chi connectivity index (χ3n) is 3.03. The Morgan fingerprint density at radius 1 is 1.50 bits per heavy atom. The van der Waals surface area contributed by atoms with Gasteiger partial charge in [0.1, 0.15) is 0 Å². The second-order valence-electron chi connectivity index (χ2n) is 4.45. The summed E-state index contributed by atoms with van der Waals surface area (Å²) in [6.45, 7) is 1.72. The van der Waals surface area contributed by atoms with Crippen molar-refractivity contribution >= 4 is 6.03 Å². The minimum atomic E-state index is -0.952. The zero-order chi connectivity index (χ0) is 15.1. The molecule has 4 nitrogen and oxygen atoms in total. The summed E-state index contributed by atoms with van der Waals surface area (Å²) in [5.41, 5.74) is 0.0923. The summed E-state index contributed by atoms with van der Waals surface area (Å²) >= 11 is 0. The average Bonchev–Trinajstić information content (AvgIpc) is 2.45. The van der Waals surface area contributed by atoms with Crippen molar-refractivity contribution in [2.24, 2.45) is 0 Å². The first-order valence-corrected chi connectivity index (χ1v) is 6.20. The first-order valence-electron chi connectivity index (χ1n) is 6.20. The van der Waals surface area contributed by atoms with Gasteiger partial charge in [-0.1, -0.05) is 12.1 Å². The van der Waals surface area contributed by atoms with Crippen LogP contribution in [0.2, 0.25) is 0 Å². The summed E-state index contributed by atoms with van der Waals surface area (Å²) in [4.78, 5) is 13.3. The Kier molecular flexibility index (Phi) is 5.96. The number of nitrogens with zero attached hydrogens (tertiary/aromatic N) is 1. The number of carbonyl (C=O) groups is 1. The molecule has 0 aliphatic carbocycles. The van der Waals surface area contributed by atoms with Crippen LogP contribution < -0.4 is 5.32 Å². The molecule has 1 rings (SSSR count). The molecule has 110 valence electrons. The predicted molar refractivity (Wildman–Crippen MR) is 72.2 cm³/mol. The molecule has 0 bridgehead atoms. The number of halogens is 2. The maximum Gasteiger partial charge on any atom is 0.317 e. The predicted octanol–water partition coefficient (Wildman–Crippen LogP) is 2.96. The fraction of sp³-hybridized carbons (Fsp3) is 0.357. The van der Waals surface area contributed by atoms with E-state index in [0.29, 0.717) is 6.42 Å². The lowest BCUT2D eigenvalue weighted by molar-refractivity contribution is 0.193. The monoisotopic (exact) mass is 284 g/mol. The number of aliphatic hydroxyl groups is 1. The minimum Gasteiger partial charge on any atom is -0.516 e. The lowest BCUT2D eigenvalue weighted by Gasteiger charge is -2.24. The van der Waals surface area contributed by atoms with E-state index in [1.165, 1.54) is 23.1 Å². The van der Waals surface area contributed by atoms with Crippen molar-refractivity contribution in [2.45, 2.75) is 25.9 Å². The van der Waals surface area contributed by atoms with Crippen molar-refractivity contribution in [2.75, 3.05) is 7.05 Å². The molecule has 0 fully saturated rings. The van der Waals surface area contributed by atoms with Gasteiger partial charge in [-0.15, -0.1) is 0 Å². The lowest BCUT2D eigenvalue weighted by Crippen LogP contribution is -2.42. The Morgan fingerprint density at radius 3 is 2.85 bits per heavy atom. The molecule has 2 N–H and O–H groups in total. The number of carbonyl (C=O) groups excluding carboxylic acids is 1. The summed E-state index contributed by atoms with van der Waals surface area (Å²) in [6, 6.07) is 3.30. The average molecular weight is 284 g/mol. The molecular formula is C14H18F2N2O2.